The van der Waals surface area contributed by atoms with Crippen molar-refractivity contribution in [3.63, 3.8) is 0 Å². The minimum absolute atomic E-state index is 0.0262. The molecule has 1 heterocycles. The van der Waals surface area contributed by atoms with Crippen LogP contribution in [-0.2, 0) is 28.6 Å². The molecule has 0 fully saturated rings. The second kappa shape index (κ2) is 7.52. The number of carbonyl (C=O) groups is 1. The van der Waals surface area contributed by atoms with E-state index >= 15 is 0 Å². The van der Waals surface area contributed by atoms with Crippen LogP contribution in [0, 0.1) is 0 Å². The molecule has 102 valence electrons. The van der Waals surface area contributed by atoms with Crippen molar-refractivity contribution in [1.29, 1.82) is 0 Å². The zero-order valence-electron chi connectivity index (χ0n) is 10.5. The van der Waals surface area contributed by atoms with Gasteiger partial charge in [-0.05, 0) is 6.42 Å². The summed E-state index contributed by atoms with van der Waals surface area (Å²) in [5.74, 6) is 0.568. The van der Waals surface area contributed by atoms with Gasteiger partial charge in [-0.25, -0.2) is 0 Å². The fourth-order valence-corrected chi connectivity index (χ4v) is 2.70. The van der Waals surface area contributed by atoms with Gasteiger partial charge in [-0.2, -0.15) is 0 Å². The molecule has 1 N–H and O–H groups in total. The van der Waals surface area contributed by atoms with Gasteiger partial charge in [0.1, 0.15) is 5.82 Å². The van der Waals surface area contributed by atoms with Crippen LogP contribution in [0.15, 0.2) is 5.16 Å². The van der Waals surface area contributed by atoms with Gasteiger partial charge in [0.2, 0.25) is 0 Å². The first-order valence-electron chi connectivity index (χ1n) is 5.61. The lowest BCUT2D eigenvalue weighted by Crippen LogP contribution is -2.09. The van der Waals surface area contributed by atoms with Gasteiger partial charge in [0.25, 0.3) is 0 Å². The standard InChI is InChI=1S/C10H17N3O3S2/c1-3-8-11-12-10(17-7-9(14)15)13(8)5-4-6-18(2)16/h3-7H2,1-2H3,(H,14,15). The Kier molecular flexibility index (Phi) is 6.34. The highest BCUT2D eigenvalue weighted by Gasteiger charge is 2.12. The number of aliphatic carboxylic acids is 1. The minimum atomic E-state index is -0.873. The average molecular weight is 291 g/mol. The molecule has 0 aliphatic heterocycles. The first-order chi connectivity index (χ1) is 8.54. The van der Waals surface area contributed by atoms with E-state index in [-0.39, 0.29) is 5.75 Å². The van der Waals surface area contributed by atoms with Crippen LogP contribution in [0.1, 0.15) is 19.2 Å². The number of rotatable bonds is 8. The molecular weight excluding hydrogens is 274 g/mol. The monoisotopic (exact) mass is 291 g/mol. The molecule has 0 saturated heterocycles. The maximum Gasteiger partial charge on any atom is 0.313 e. The molecule has 1 aromatic heterocycles. The summed E-state index contributed by atoms with van der Waals surface area (Å²) >= 11 is 1.16. The van der Waals surface area contributed by atoms with E-state index in [4.69, 9.17) is 5.11 Å². The second-order valence-corrected chi connectivity index (χ2v) is 6.21. The third-order valence-corrected chi connectivity index (χ3v) is 4.06. The van der Waals surface area contributed by atoms with Crippen molar-refractivity contribution < 1.29 is 14.1 Å². The highest BCUT2D eigenvalue weighted by atomic mass is 32.2. The number of thioether (sulfide) groups is 1. The Bertz CT molecular complexity index is 434. The van der Waals surface area contributed by atoms with E-state index < -0.39 is 16.8 Å². The van der Waals surface area contributed by atoms with Crippen molar-refractivity contribution in [2.75, 3.05) is 17.8 Å². The van der Waals surface area contributed by atoms with Gasteiger partial charge >= 0.3 is 5.97 Å². The topological polar surface area (TPSA) is 85.1 Å². The molecule has 18 heavy (non-hydrogen) atoms. The number of hydrogen-bond acceptors (Lipinski definition) is 5. The molecule has 0 saturated carbocycles. The molecule has 0 aromatic carbocycles. The fraction of sp³-hybridized carbons (Fsp3) is 0.700. The van der Waals surface area contributed by atoms with Crippen molar-refractivity contribution in [3.8, 4) is 0 Å². The molecule has 6 nitrogen and oxygen atoms in total. The van der Waals surface area contributed by atoms with Gasteiger partial charge < -0.3 is 9.67 Å². The summed E-state index contributed by atoms with van der Waals surface area (Å²) in [4.78, 5) is 10.5. The van der Waals surface area contributed by atoms with Crippen LogP contribution in [0.3, 0.4) is 0 Å². The average Bonchev–Trinajstić information content (AvgIpc) is 2.68. The molecule has 0 amide bonds. The molecule has 0 aliphatic rings. The van der Waals surface area contributed by atoms with Crippen molar-refractivity contribution in [2.24, 2.45) is 0 Å². The SMILES string of the molecule is CCc1nnc(SCC(=O)O)n1CCCS(C)=O. The predicted molar refractivity (Wildman–Crippen MR) is 71.3 cm³/mol. The minimum Gasteiger partial charge on any atom is -0.481 e. The lowest BCUT2D eigenvalue weighted by atomic mass is 10.4. The summed E-state index contributed by atoms with van der Waals surface area (Å²) in [6.07, 6.45) is 3.19. The summed E-state index contributed by atoms with van der Waals surface area (Å²) in [5, 5.41) is 17.3. The van der Waals surface area contributed by atoms with Gasteiger partial charge in [-0.1, -0.05) is 18.7 Å². The number of carboxylic acid groups (broad SMARTS) is 1. The highest BCUT2D eigenvalue weighted by molar-refractivity contribution is 7.99. The van der Waals surface area contributed by atoms with Crippen LogP contribution in [0.25, 0.3) is 0 Å². The smallest absolute Gasteiger partial charge is 0.313 e. The summed E-state index contributed by atoms with van der Waals surface area (Å²) in [6, 6.07) is 0. The van der Waals surface area contributed by atoms with Gasteiger partial charge in [0, 0.05) is 35.8 Å². The maximum atomic E-state index is 11.0. The first-order valence-corrected chi connectivity index (χ1v) is 8.32. The van der Waals surface area contributed by atoms with Crippen LogP contribution in [0.5, 0.6) is 0 Å². The third kappa shape index (κ3) is 4.77. The number of aromatic nitrogens is 3. The van der Waals surface area contributed by atoms with Crippen LogP contribution in [-0.4, -0.2) is 47.8 Å². The molecule has 1 aromatic rings. The normalized spacial score (nSPS) is 12.6. The third-order valence-electron chi connectivity index (χ3n) is 2.25. The van der Waals surface area contributed by atoms with E-state index in [0.29, 0.717) is 17.5 Å². The quantitative estimate of drug-likeness (QED) is 0.713. The summed E-state index contributed by atoms with van der Waals surface area (Å²) in [7, 11) is -0.808. The molecule has 0 radical (unpaired) electrons. The zero-order valence-corrected chi connectivity index (χ0v) is 12.1. The maximum absolute atomic E-state index is 11.0. The Balaban J connectivity index is 2.68. The van der Waals surface area contributed by atoms with Crippen molar-refractivity contribution in [1.82, 2.24) is 14.8 Å². The lowest BCUT2D eigenvalue weighted by Gasteiger charge is -2.07. The number of hydrogen-bond donors (Lipinski definition) is 1. The molecule has 1 unspecified atom stereocenters. The molecule has 8 heteroatoms. The molecule has 0 spiro atoms. The van der Waals surface area contributed by atoms with E-state index in [0.717, 1.165) is 30.4 Å². The summed E-state index contributed by atoms with van der Waals surface area (Å²) in [5.41, 5.74) is 0. The van der Waals surface area contributed by atoms with Crippen molar-refractivity contribution >= 4 is 28.5 Å². The fourth-order valence-electron chi connectivity index (χ4n) is 1.46. The van der Waals surface area contributed by atoms with Crippen molar-refractivity contribution in [3.05, 3.63) is 5.82 Å². The lowest BCUT2D eigenvalue weighted by molar-refractivity contribution is -0.133. The van der Waals surface area contributed by atoms with Crippen LogP contribution < -0.4 is 0 Å². The van der Waals surface area contributed by atoms with Crippen molar-refractivity contribution in [2.45, 2.75) is 31.5 Å². The Morgan fingerprint density at radius 2 is 2.22 bits per heavy atom. The Hall–Kier alpha value is -0.890. The molecule has 0 aliphatic carbocycles. The van der Waals surface area contributed by atoms with E-state index in [9.17, 15) is 9.00 Å². The number of nitrogens with zero attached hydrogens (tertiary/aromatic N) is 3. The van der Waals surface area contributed by atoms with Gasteiger partial charge in [-0.15, -0.1) is 10.2 Å². The largest absolute Gasteiger partial charge is 0.481 e. The summed E-state index contributed by atoms with van der Waals surface area (Å²) in [6.45, 7) is 2.65. The highest BCUT2D eigenvalue weighted by Crippen LogP contribution is 2.17. The van der Waals surface area contributed by atoms with E-state index in [2.05, 4.69) is 10.2 Å². The Morgan fingerprint density at radius 3 is 2.78 bits per heavy atom. The van der Waals surface area contributed by atoms with Crippen LogP contribution in [0.2, 0.25) is 0 Å². The zero-order chi connectivity index (χ0) is 13.5. The second-order valence-electron chi connectivity index (χ2n) is 3.72. The van der Waals surface area contributed by atoms with Crippen LogP contribution in [0.4, 0.5) is 0 Å². The van der Waals surface area contributed by atoms with Gasteiger partial charge in [0.05, 0.1) is 5.75 Å². The molecule has 1 rings (SSSR count). The molecule has 0 bridgehead atoms. The van der Waals surface area contributed by atoms with E-state index in [1.54, 1.807) is 6.26 Å². The van der Waals surface area contributed by atoms with Gasteiger partial charge in [-0.3, -0.25) is 9.00 Å². The first kappa shape index (κ1) is 15.2. The molecule has 1 atom stereocenters. The Labute approximate surface area is 113 Å². The van der Waals surface area contributed by atoms with E-state index in [1.165, 1.54) is 0 Å². The van der Waals surface area contributed by atoms with Gasteiger partial charge in [0.15, 0.2) is 5.16 Å². The predicted octanol–water partition coefficient (Wildman–Crippen LogP) is 0.786. The Morgan fingerprint density at radius 1 is 1.50 bits per heavy atom. The number of aryl methyl sites for hydroxylation is 1. The summed E-state index contributed by atoms with van der Waals surface area (Å²) < 4.78 is 12.9. The van der Waals surface area contributed by atoms with Crippen LogP contribution >= 0.6 is 11.8 Å². The molecular formula is C10H17N3O3S2. The van der Waals surface area contributed by atoms with E-state index in [1.807, 2.05) is 11.5 Å². The number of carboxylic acids is 1.